The van der Waals surface area contributed by atoms with E-state index in [1.807, 2.05) is 11.8 Å². The predicted octanol–water partition coefficient (Wildman–Crippen LogP) is 3.62. The maximum Gasteiger partial charge on any atom is 0.0480 e. The number of rotatable bonds is 0. The predicted molar refractivity (Wildman–Crippen MR) is 64.0 cm³/mol. The zero-order valence-electron chi connectivity index (χ0n) is 9.00. The van der Waals surface area contributed by atoms with Gasteiger partial charge in [-0.15, -0.1) is 11.8 Å². The second kappa shape index (κ2) is 3.50. The van der Waals surface area contributed by atoms with Gasteiger partial charge in [0.25, 0.3) is 0 Å². The van der Waals surface area contributed by atoms with Gasteiger partial charge in [-0.1, -0.05) is 32.9 Å². The number of thioether (sulfide) groups is 1. The third kappa shape index (κ3) is 1.90. The van der Waals surface area contributed by atoms with E-state index in [1.165, 1.54) is 16.3 Å². The lowest BCUT2D eigenvalue weighted by Crippen LogP contribution is -2.38. The number of nitrogens with one attached hydrogen (secondary N) is 1. The lowest BCUT2D eigenvalue weighted by Gasteiger charge is -2.36. The van der Waals surface area contributed by atoms with Gasteiger partial charge >= 0.3 is 0 Å². The Hall–Kier alpha value is -0.630. The van der Waals surface area contributed by atoms with Crippen LogP contribution < -0.4 is 5.32 Å². The van der Waals surface area contributed by atoms with Crippen molar-refractivity contribution >= 4 is 17.4 Å². The Labute approximate surface area is 90.3 Å². The van der Waals surface area contributed by atoms with E-state index < -0.39 is 0 Å². The van der Waals surface area contributed by atoms with Crippen molar-refractivity contribution in [1.29, 1.82) is 0 Å². The smallest absolute Gasteiger partial charge is 0.0480 e. The summed E-state index contributed by atoms with van der Waals surface area (Å²) in [5, 5.41) is 3.62. The second-order valence-corrected chi connectivity index (χ2v) is 5.93. The van der Waals surface area contributed by atoms with E-state index in [2.05, 4.69) is 50.4 Å². The van der Waals surface area contributed by atoms with Gasteiger partial charge in [0.05, 0.1) is 0 Å². The van der Waals surface area contributed by atoms with Gasteiger partial charge in [-0.25, -0.2) is 0 Å². The summed E-state index contributed by atoms with van der Waals surface area (Å²) in [6, 6.07) is 9.12. The Kier molecular flexibility index (Phi) is 2.48. The molecule has 76 valence electrons. The minimum atomic E-state index is 0.334. The lowest BCUT2D eigenvalue weighted by atomic mass is 9.87. The van der Waals surface area contributed by atoms with Crippen molar-refractivity contribution in [2.45, 2.75) is 31.7 Å². The Morgan fingerprint density at radius 3 is 2.71 bits per heavy atom. The molecule has 2 rings (SSSR count). The fourth-order valence-corrected chi connectivity index (χ4v) is 2.97. The highest BCUT2D eigenvalue weighted by atomic mass is 32.2. The molecule has 2 heteroatoms. The van der Waals surface area contributed by atoms with Crippen molar-refractivity contribution in [2.75, 3.05) is 11.1 Å². The molecule has 0 aromatic heterocycles. The summed E-state index contributed by atoms with van der Waals surface area (Å²) in [6.07, 6.45) is 0. The largest absolute Gasteiger partial charge is 0.380 e. The van der Waals surface area contributed by atoms with Crippen LogP contribution in [0.1, 0.15) is 20.8 Å². The van der Waals surface area contributed by atoms with Gasteiger partial charge in [0.1, 0.15) is 0 Å². The molecular formula is C12H17NS. The third-order valence-corrected chi connectivity index (χ3v) is 3.83. The Morgan fingerprint density at radius 2 is 2.00 bits per heavy atom. The van der Waals surface area contributed by atoms with Gasteiger partial charge in [0.15, 0.2) is 0 Å². The maximum atomic E-state index is 3.62. The molecule has 1 aliphatic heterocycles. The quantitative estimate of drug-likeness (QED) is 0.697. The molecular weight excluding hydrogens is 190 g/mol. The van der Waals surface area contributed by atoms with E-state index in [9.17, 15) is 0 Å². The van der Waals surface area contributed by atoms with Crippen molar-refractivity contribution in [3.05, 3.63) is 24.3 Å². The SMILES string of the molecule is CC(C)(C)C1CSc2ccccc2N1. The molecule has 0 radical (unpaired) electrons. The zero-order chi connectivity index (χ0) is 10.2. The van der Waals surface area contributed by atoms with Crippen molar-refractivity contribution in [3.63, 3.8) is 0 Å². The Balaban J connectivity index is 2.22. The van der Waals surface area contributed by atoms with Crippen LogP contribution in [0.15, 0.2) is 29.2 Å². The lowest BCUT2D eigenvalue weighted by molar-refractivity contribution is 0.362. The van der Waals surface area contributed by atoms with Crippen LogP contribution in [0.4, 0.5) is 5.69 Å². The number of benzene rings is 1. The summed E-state index contributed by atoms with van der Waals surface area (Å²) in [4.78, 5) is 1.38. The molecule has 1 aliphatic rings. The number of anilines is 1. The van der Waals surface area contributed by atoms with Gasteiger partial charge in [-0.05, 0) is 17.5 Å². The minimum Gasteiger partial charge on any atom is -0.380 e. The molecule has 1 N–H and O–H groups in total. The highest BCUT2D eigenvalue weighted by Crippen LogP contribution is 2.37. The zero-order valence-corrected chi connectivity index (χ0v) is 9.82. The van der Waals surface area contributed by atoms with Crippen molar-refractivity contribution < 1.29 is 0 Å². The highest BCUT2D eigenvalue weighted by molar-refractivity contribution is 7.99. The topological polar surface area (TPSA) is 12.0 Å². The van der Waals surface area contributed by atoms with E-state index in [-0.39, 0.29) is 0 Å². The Morgan fingerprint density at radius 1 is 1.29 bits per heavy atom. The molecule has 1 aromatic carbocycles. The summed E-state index contributed by atoms with van der Waals surface area (Å²) in [5.41, 5.74) is 1.63. The van der Waals surface area contributed by atoms with Gasteiger partial charge in [-0.3, -0.25) is 0 Å². The van der Waals surface area contributed by atoms with Crippen LogP contribution in [0.2, 0.25) is 0 Å². The van der Waals surface area contributed by atoms with Gasteiger partial charge in [-0.2, -0.15) is 0 Å². The van der Waals surface area contributed by atoms with Crippen LogP contribution in [0.3, 0.4) is 0 Å². The molecule has 0 amide bonds. The standard InChI is InChI=1S/C12H17NS/c1-12(2,3)11-8-14-10-7-5-4-6-9(10)13-11/h4-7,11,13H,8H2,1-3H3. The average Bonchev–Trinajstić information content (AvgIpc) is 2.16. The summed E-state index contributed by atoms with van der Waals surface area (Å²) >= 11 is 1.96. The van der Waals surface area contributed by atoms with E-state index in [0.29, 0.717) is 11.5 Å². The van der Waals surface area contributed by atoms with Crippen LogP contribution >= 0.6 is 11.8 Å². The molecule has 0 bridgehead atoms. The Bertz CT molecular complexity index is 327. The van der Waals surface area contributed by atoms with E-state index in [4.69, 9.17) is 0 Å². The molecule has 0 spiro atoms. The van der Waals surface area contributed by atoms with Crippen LogP contribution in [-0.2, 0) is 0 Å². The summed E-state index contributed by atoms with van der Waals surface area (Å²) < 4.78 is 0. The first-order valence-corrected chi connectivity index (χ1v) is 6.04. The van der Waals surface area contributed by atoms with Crippen LogP contribution in [0, 0.1) is 5.41 Å². The van der Waals surface area contributed by atoms with Crippen molar-refractivity contribution in [3.8, 4) is 0 Å². The number of hydrogen-bond acceptors (Lipinski definition) is 2. The summed E-state index contributed by atoms with van der Waals surface area (Å²) in [5.74, 6) is 1.17. The van der Waals surface area contributed by atoms with Crippen LogP contribution in [-0.4, -0.2) is 11.8 Å². The maximum absolute atomic E-state index is 3.62. The normalized spacial score (nSPS) is 21.2. The van der Waals surface area contributed by atoms with E-state index in [1.54, 1.807) is 0 Å². The molecule has 0 aliphatic carbocycles. The number of fused-ring (bicyclic) bond motifs is 1. The van der Waals surface area contributed by atoms with E-state index in [0.717, 1.165) is 0 Å². The number of para-hydroxylation sites is 1. The monoisotopic (exact) mass is 207 g/mol. The molecule has 1 aromatic rings. The minimum absolute atomic E-state index is 0.334. The first kappa shape index (κ1) is 9.91. The molecule has 0 fully saturated rings. The van der Waals surface area contributed by atoms with Crippen LogP contribution in [0.5, 0.6) is 0 Å². The highest BCUT2D eigenvalue weighted by Gasteiger charge is 2.28. The van der Waals surface area contributed by atoms with Gasteiger partial charge in [0, 0.05) is 22.4 Å². The molecule has 1 heterocycles. The summed E-state index contributed by atoms with van der Waals surface area (Å²) in [6.45, 7) is 6.87. The molecule has 1 atom stereocenters. The third-order valence-electron chi connectivity index (χ3n) is 2.67. The molecule has 14 heavy (non-hydrogen) atoms. The van der Waals surface area contributed by atoms with Crippen molar-refractivity contribution in [2.24, 2.45) is 5.41 Å². The summed E-state index contributed by atoms with van der Waals surface area (Å²) in [7, 11) is 0. The van der Waals surface area contributed by atoms with Gasteiger partial charge < -0.3 is 5.32 Å². The average molecular weight is 207 g/mol. The molecule has 1 nitrogen and oxygen atoms in total. The molecule has 0 saturated heterocycles. The first-order chi connectivity index (χ1) is 6.57. The van der Waals surface area contributed by atoms with Gasteiger partial charge in [0.2, 0.25) is 0 Å². The van der Waals surface area contributed by atoms with E-state index >= 15 is 0 Å². The van der Waals surface area contributed by atoms with Crippen molar-refractivity contribution in [1.82, 2.24) is 0 Å². The molecule has 1 unspecified atom stereocenters. The second-order valence-electron chi connectivity index (χ2n) is 4.87. The molecule has 0 saturated carbocycles. The fourth-order valence-electron chi connectivity index (χ4n) is 1.58. The number of hydrogen-bond donors (Lipinski definition) is 1. The fraction of sp³-hybridized carbons (Fsp3) is 0.500. The van der Waals surface area contributed by atoms with Crippen LogP contribution in [0.25, 0.3) is 0 Å². The first-order valence-electron chi connectivity index (χ1n) is 5.06.